The zero-order valence-corrected chi connectivity index (χ0v) is 22.0. The number of amides is 1. The number of piperidine rings is 1. The van der Waals surface area contributed by atoms with E-state index in [9.17, 15) is 4.79 Å². The van der Waals surface area contributed by atoms with Crippen LogP contribution in [0.4, 0.5) is 0 Å². The Labute approximate surface area is 214 Å². The highest BCUT2D eigenvalue weighted by Crippen LogP contribution is 2.40. The lowest BCUT2D eigenvalue weighted by Gasteiger charge is -2.39. The first kappa shape index (κ1) is 24.0. The summed E-state index contributed by atoms with van der Waals surface area (Å²) >= 11 is 3.48. The Bertz CT molecular complexity index is 1220. The summed E-state index contributed by atoms with van der Waals surface area (Å²) < 4.78 is 12.7. The maximum Gasteiger partial charge on any atom is 0.241 e. The van der Waals surface area contributed by atoms with E-state index in [4.69, 9.17) is 9.26 Å². The van der Waals surface area contributed by atoms with Gasteiger partial charge in [0.05, 0.1) is 18.5 Å². The SMILES string of the molecule is Cc1ccc2c(c1)C(NC(=O)C1CCCN(Cc3nc(-c4cccc(Br)c4)no3)C1)CC(C)(C)O2. The standard InChI is InChI=1S/C27H31BrN4O3/c1-17-9-10-23-21(12-17)22(14-27(2,3)34-23)29-26(33)19-7-5-11-32(15-19)16-24-30-25(31-35-24)18-6-4-8-20(28)13-18/h4,6,8-10,12-13,19,22H,5,7,11,14-16H2,1-3H3,(H,29,33). The third-order valence-electron chi connectivity index (χ3n) is 6.73. The number of likely N-dealkylation sites (tertiary alicyclic amines) is 1. The maximum absolute atomic E-state index is 13.4. The molecule has 0 radical (unpaired) electrons. The highest BCUT2D eigenvalue weighted by atomic mass is 79.9. The quantitative estimate of drug-likeness (QED) is 0.465. The Morgan fingerprint density at radius 3 is 2.94 bits per heavy atom. The molecule has 2 aliphatic rings. The van der Waals surface area contributed by atoms with Gasteiger partial charge in [-0.05, 0) is 58.4 Å². The number of hydrogen-bond donors (Lipinski definition) is 1. The summed E-state index contributed by atoms with van der Waals surface area (Å²) in [4.78, 5) is 20.2. The number of nitrogens with zero attached hydrogens (tertiary/aromatic N) is 3. The summed E-state index contributed by atoms with van der Waals surface area (Å²) in [5.74, 6) is 2.03. The maximum atomic E-state index is 13.4. The van der Waals surface area contributed by atoms with Crippen LogP contribution in [0.3, 0.4) is 0 Å². The number of aromatic nitrogens is 2. The molecule has 1 N–H and O–H groups in total. The predicted octanol–water partition coefficient (Wildman–Crippen LogP) is 5.44. The summed E-state index contributed by atoms with van der Waals surface area (Å²) in [6.45, 7) is 8.33. The molecule has 2 unspecified atom stereocenters. The molecule has 5 rings (SSSR count). The highest BCUT2D eigenvalue weighted by Gasteiger charge is 2.36. The van der Waals surface area contributed by atoms with Crippen LogP contribution in [0.2, 0.25) is 0 Å². The van der Waals surface area contributed by atoms with Gasteiger partial charge in [-0.2, -0.15) is 4.98 Å². The fraction of sp³-hybridized carbons (Fsp3) is 0.444. The third-order valence-corrected chi connectivity index (χ3v) is 7.22. The number of nitrogens with one attached hydrogen (secondary N) is 1. The van der Waals surface area contributed by atoms with Crippen molar-refractivity contribution < 1.29 is 14.1 Å². The molecule has 8 heteroatoms. The molecule has 184 valence electrons. The molecule has 0 bridgehead atoms. The van der Waals surface area contributed by atoms with E-state index in [1.165, 1.54) is 0 Å². The summed E-state index contributed by atoms with van der Waals surface area (Å²) in [5, 5.41) is 7.48. The molecule has 7 nitrogen and oxygen atoms in total. The lowest BCUT2D eigenvalue weighted by atomic mass is 9.88. The Hall–Kier alpha value is -2.71. The topological polar surface area (TPSA) is 80.5 Å². The van der Waals surface area contributed by atoms with Crippen LogP contribution < -0.4 is 10.1 Å². The van der Waals surface area contributed by atoms with E-state index < -0.39 is 0 Å². The molecule has 3 heterocycles. The molecule has 2 aliphatic heterocycles. The largest absolute Gasteiger partial charge is 0.487 e. The molecule has 0 saturated carbocycles. The zero-order chi connectivity index (χ0) is 24.6. The lowest BCUT2D eigenvalue weighted by Crippen LogP contribution is -2.46. The van der Waals surface area contributed by atoms with E-state index in [1.54, 1.807) is 0 Å². The lowest BCUT2D eigenvalue weighted by molar-refractivity contribution is -0.128. The van der Waals surface area contributed by atoms with Crippen LogP contribution in [0.25, 0.3) is 11.4 Å². The minimum atomic E-state index is -0.331. The summed E-state index contributed by atoms with van der Waals surface area (Å²) in [7, 11) is 0. The molecule has 1 saturated heterocycles. The molecule has 1 fully saturated rings. The number of fused-ring (bicyclic) bond motifs is 1. The van der Waals surface area contributed by atoms with Gasteiger partial charge in [0.2, 0.25) is 17.6 Å². The summed E-state index contributed by atoms with van der Waals surface area (Å²) in [6.07, 6.45) is 2.58. The van der Waals surface area contributed by atoms with Gasteiger partial charge in [-0.15, -0.1) is 0 Å². The second kappa shape index (κ2) is 9.74. The van der Waals surface area contributed by atoms with Crippen LogP contribution in [-0.2, 0) is 11.3 Å². The van der Waals surface area contributed by atoms with E-state index in [0.717, 1.165) is 52.7 Å². The van der Waals surface area contributed by atoms with Gasteiger partial charge in [0.15, 0.2) is 0 Å². The molecular weight excluding hydrogens is 508 g/mol. The van der Waals surface area contributed by atoms with Crippen molar-refractivity contribution >= 4 is 21.8 Å². The number of benzene rings is 2. The summed E-state index contributed by atoms with van der Waals surface area (Å²) in [6, 6.07) is 14.0. The first-order valence-electron chi connectivity index (χ1n) is 12.2. The van der Waals surface area contributed by atoms with Crippen LogP contribution in [0.1, 0.15) is 56.2 Å². The van der Waals surface area contributed by atoms with Crippen molar-refractivity contribution in [1.29, 1.82) is 0 Å². The van der Waals surface area contributed by atoms with Gasteiger partial charge >= 0.3 is 0 Å². The first-order chi connectivity index (χ1) is 16.8. The highest BCUT2D eigenvalue weighted by molar-refractivity contribution is 9.10. The Balaban J connectivity index is 1.24. The number of carbonyl (C=O) groups is 1. The van der Waals surface area contributed by atoms with E-state index >= 15 is 0 Å². The van der Waals surface area contributed by atoms with Crippen molar-refractivity contribution in [2.45, 2.75) is 58.2 Å². The Morgan fingerprint density at radius 2 is 2.11 bits per heavy atom. The zero-order valence-electron chi connectivity index (χ0n) is 20.4. The summed E-state index contributed by atoms with van der Waals surface area (Å²) in [5.41, 5.74) is 2.80. The van der Waals surface area contributed by atoms with Crippen LogP contribution in [0, 0.1) is 12.8 Å². The van der Waals surface area contributed by atoms with Gasteiger partial charge in [-0.25, -0.2) is 0 Å². The molecule has 2 aromatic carbocycles. The van der Waals surface area contributed by atoms with Crippen molar-refractivity contribution in [1.82, 2.24) is 20.4 Å². The van der Waals surface area contributed by atoms with Gasteiger partial charge in [-0.1, -0.05) is 50.9 Å². The number of halogens is 1. The smallest absolute Gasteiger partial charge is 0.241 e. The van der Waals surface area contributed by atoms with Crippen LogP contribution in [0.15, 0.2) is 51.5 Å². The van der Waals surface area contributed by atoms with E-state index in [-0.39, 0.29) is 23.5 Å². The number of carbonyl (C=O) groups excluding carboxylic acids is 1. The Kier molecular flexibility index (Phi) is 6.68. The second-order valence-electron chi connectivity index (χ2n) is 10.3. The number of hydrogen-bond acceptors (Lipinski definition) is 6. The fourth-order valence-electron chi connectivity index (χ4n) is 5.06. The minimum absolute atomic E-state index is 0.0554. The minimum Gasteiger partial charge on any atom is -0.487 e. The van der Waals surface area contributed by atoms with Crippen molar-refractivity contribution in [3.8, 4) is 17.1 Å². The molecule has 1 amide bonds. The molecule has 2 atom stereocenters. The van der Waals surface area contributed by atoms with Crippen molar-refractivity contribution in [3.63, 3.8) is 0 Å². The number of rotatable bonds is 5. The van der Waals surface area contributed by atoms with Gasteiger partial charge < -0.3 is 14.6 Å². The van der Waals surface area contributed by atoms with E-state index in [0.29, 0.717) is 24.8 Å². The predicted molar refractivity (Wildman–Crippen MR) is 137 cm³/mol. The molecule has 1 aromatic heterocycles. The number of aryl methyl sites for hydroxylation is 1. The molecule has 0 aliphatic carbocycles. The normalized spacial score (nSPS) is 21.7. The van der Waals surface area contributed by atoms with Crippen LogP contribution in [-0.4, -0.2) is 39.6 Å². The third kappa shape index (κ3) is 5.59. The van der Waals surface area contributed by atoms with Crippen LogP contribution in [0.5, 0.6) is 5.75 Å². The molecule has 35 heavy (non-hydrogen) atoms. The monoisotopic (exact) mass is 538 g/mol. The van der Waals surface area contributed by atoms with E-state index in [2.05, 4.69) is 69.2 Å². The average Bonchev–Trinajstić information content (AvgIpc) is 3.28. The van der Waals surface area contributed by atoms with Gasteiger partial charge in [0, 0.05) is 28.6 Å². The van der Waals surface area contributed by atoms with Crippen molar-refractivity contribution in [2.24, 2.45) is 5.92 Å². The fourth-order valence-corrected chi connectivity index (χ4v) is 5.46. The molecular formula is C27H31BrN4O3. The molecule has 0 spiro atoms. The Morgan fingerprint density at radius 1 is 1.26 bits per heavy atom. The van der Waals surface area contributed by atoms with Gasteiger partial charge in [-0.3, -0.25) is 9.69 Å². The molecule has 3 aromatic rings. The second-order valence-corrected chi connectivity index (χ2v) is 11.2. The number of ether oxygens (including phenoxy) is 1. The average molecular weight is 539 g/mol. The van der Waals surface area contributed by atoms with Crippen molar-refractivity contribution in [3.05, 3.63) is 64.0 Å². The van der Waals surface area contributed by atoms with Crippen LogP contribution >= 0.6 is 15.9 Å². The van der Waals surface area contributed by atoms with Gasteiger partial charge in [0.25, 0.3) is 0 Å². The van der Waals surface area contributed by atoms with E-state index in [1.807, 2.05) is 30.3 Å². The first-order valence-corrected chi connectivity index (χ1v) is 13.0. The van der Waals surface area contributed by atoms with Gasteiger partial charge in [0.1, 0.15) is 11.4 Å². The van der Waals surface area contributed by atoms with Crippen molar-refractivity contribution in [2.75, 3.05) is 13.1 Å².